The Morgan fingerprint density at radius 1 is 0.958 bits per heavy atom. The van der Waals surface area contributed by atoms with Crippen molar-refractivity contribution in [3.63, 3.8) is 0 Å². The van der Waals surface area contributed by atoms with E-state index in [1.165, 1.54) is 0 Å². The van der Waals surface area contributed by atoms with Crippen molar-refractivity contribution in [1.82, 2.24) is 20.8 Å². The number of imide groups is 2. The maximum atomic E-state index is 12.3. The van der Waals surface area contributed by atoms with Crippen LogP contribution in [-0.2, 0) is 9.59 Å². The van der Waals surface area contributed by atoms with Crippen molar-refractivity contribution in [2.45, 2.75) is 12.8 Å². The van der Waals surface area contributed by atoms with E-state index in [2.05, 4.69) is 36.8 Å². The smallest absolute Gasteiger partial charge is 0.302 e. The molecule has 4 amide bonds. The number of benzene rings is 1. The first-order valence-electron chi connectivity index (χ1n) is 7.06. The number of barbiturate groups is 1. The summed E-state index contributed by atoms with van der Waals surface area (Å²) in [5.74, 6) is -3.55. The van der Waals surface area contributed by atoms with E-state index in [9.17, 15) is 19.2 Å². The molecule has 1 aliphatic heterocycles. The average molecular weight is 393 g/mol. The molecular formula is C15H13BrN4O4. The monoisotopic (exact) mass is 392 g/mol. The maximum Gasteiger partial charge on any atom is 0.328 e. The van der Waals surface area contributed by atoms with Crippen LogP contribution in [0.15, 0.2) is 33.5 Å². The summed E-state index contributed by atoms with van der Waals surface area (Å²) in [4.78, 5) is 48.1. The number of carbonyl (C=O) groups excluding carboxylic acids is 3. The van der Waals surface area contributed by atoms with Crippen LogP contribution in [0.5, 0.6) is 0 Å². The number of urea groups is 1. The van der Waals surface area contributed by atoms with Crippen LogP contribution >= 0.6 is 15.9 Å². The van der Waals surface area contributed by atoms with E-state index < -0.39 is 35.2 Å². The van der Waals surface area contributed by atoms with Crippen LogP contribution in [0.1, 0.15) is 22.7 Å². The average Bonchev–Trinajstić information content (AvgIpc) is 2.83. The summed E-state index contributed by atoms with van der Waals surface area (Å²) in [5, 5.41) is 9.32. The van der Waals surface area contributed by atoms with Crippen LogP contribution in [0, 0.1) is 12.8 Å². The van der Waals surface area contributed by atoms with Crippen LogP contribution < -0.4 is 16.2 Å². The predicted molar refractivity (Wildman–Crippen MR) is 87.3 cm³/mol. The SMILES string of the molecule is Cc1[nH][nH]c(=O)c1C(c1ccc(Br)cc1)C1C(=O)NC(=O)NC1=O. The first kappa shape index (κ1) is 16.2. The van der Waals surface area contributed by atoms with E-state index in [-0.39, 0.29) is 5.56 Å². The maximum absolute atomic E-state index is 12.3. The fourth-order valence-electron chi connectivity index (χ4n) is 2.86. The van der Waals surface area contributed by atoms with Gasteiger partial charge in [0.1, 0.15) is 5.92 Å². The molecule has 2 heterocycles. The third-order valence-electron chi connectivity index (χ3n) is 3.92. The summed E-state index contributed by atoms with van der Waals surface area (Å²) in [6.45, 7) is 1.67. The molecule has 1 atom stereocenters. The molecule has 0 bridgehead atoms. The van der Waals surface area contributed by atoms with Crippen molar-refractivity contribution < 1.29 is 14.4 Å². The zero-order valence-electron chi connectivity index (χ0n) is 12.5. The van der Waals surface area contributed by atoms with E-state index in [0.29, 0.717) is 11.3 Å². The number of H-pyrrole nitrogens is 2. The molecule has 1 aromatic carbocycles. The third kappa shape index (κ3) is 2.78. The Morgan fingerprint density at radius 2 is 1.54 bits per heavy atom. The minimum absolute atomic E-state index is 0.280. The summed E-state index contributed by atoms with van der Waals surface area (Å²) in [6.07, 6.45) is 0. The number of rotatable bonds is 3. The molecule has 1 unspecified atom stereocenters. The highest BCUT2D eigenvalue weighted by atomic mass is 79.9. The number of amides is 4. The first-order chi connectivity index (χ1) is 11.4. The molecule has 0 saturated carbocycles. The normalized spacial score (nSPS) is 16.7. The van der Waals surface area contributed by atoms with Gasteiger partial charge in [0.2, 0.25) is 11.8 Å². The van der Waals surface area contributed by atoms with Crippen LogP contribution in [0.3, 0.4) is 0 Å². The van der Waals surface area contributed by atoms with E-state index >= 15 is 0 Å². The largest absolute Gasteiger partial charge is 0.328 e. The van der Waals surface area contributed by atoms with E-state index in [0.717, 1.165) is 4.47 Å². The van der Waals surface area contributed by atoms with Gasteiger partial charge in [-0.1, -0.05) is 28.1 Å². The molecule has 0 radical (unpaired) electrons. The Bertz CT molecular complexity index is 864. The van der Waals surface area contributed by atoms with E-state index in [1.807, 2.05) is 0 Å². The van der Waals surface area contributed by atoms with E-state index in [4.69, 9.17) is 0 Å². The minimum atomic E-state index is -1.24. The summed E-state index contributed by atoms with van der Waals surface area (Å²) in [6, 6.07) is 6.08. The number of aryl methyl sites for hydroxylation is 1. The number of hydrogen-bond donors (Lipinski definition) is 4. The molecular weight excluding hydrogens is 380 g/mol. The Kier molecular flexibility index (Phi) is 4.10. The lowest BCUT2D eigenvalue weighted by Crippen LogP contribution is -2.57. The zero-order chi connectivity index (χ0) is 17.4. The second kappa shape index (κ2) is 6.08. The molecule has 0 spiro atoms. The standard InChI is InChI=1S/C15H13BrN4O4/c1-6-9(14(23)20-19-6)10(7-2-4-8(16)5-3-7)11-12(21)17-15(24)18-13(11)22/h2-5,10-11H,1H3,(H2,19,20,23)(H2,17,18,21,22,24). The van der Waals surface area contributed by atoms with Gasteiger partial charge >= 0.3 is 6.03 Å². The van der Waals surface area contributed by atoms with Crippen LogP contribution in [-0.4, -0.2) is 28.0 Å². The number of carbonyl (C=O) groups is 3. The molecule has 1 aliphatic rings. The number of nitrogens with one attached hydrogen (secondary N) is 4. The predicted octanol–water partition coefficient (Wildman–Crippen LogP) is 0.888. The molecule has 24 heavy (non-hydrogen) atoms. The number of aromatic amines is 2. The van der Waals surface area contributed by atoms with Gasteiger partial charge in [-0.3, -0.25) is 30.1 Å². The van der Waals surface area contributed by atoms with Crippen molar-refractivity contribution in [3.05, 3.63) is 55.9 Å². The second-order valence-corrected chi connectivity index (χ2v) is 6.35. The van der Waals surface area contributed by atoms with Gasteiger partial charge in [0.05, 0.1) is 0 Å². The first-order valence-corrected chi connectivity index (χ1v) is 7.86. The minimum Gasteiger partial charge on any atom is -0.302 e. The van der Waals surface area contributed by atoms with Gasteiger partial charge in [-0.05, 0) is 24.6 Å². The van der Waals surface area contributed by atoms with Gasteiger partial charge in [0, 0.05) is 21.6 Å². The summed E-state index contributed by atoms with van der Waals surface area (Å²) in [5.41, 5.74) is 0.987. The number of hydrogen-bond acceptors (Lipinski definition) is 4. The summed E-state index contributed by atoms with van der Waals surface area (Å²) >= 11 is 3.32. The van der Waals surface area contributed by atoms with Gasteiger partial charge in [-0.15, -0.1) is 0 Å². The highest BCUT2D eigenvalue weighted by Crippen LogP contribution is 2.33. The Hall–Kier alpha value is -2.68. The molecule has 1 aromatic heterocycles. The quantitative estimate of drug-likeness (QED) is 0.578. The van der Waals surface area contributed by atoms with Gasteiger partial charge in [-0.2, -0.15) is 0 Å². The molecule has 4 N–H and O–H groups in total. The second-order valence-electron chi connectivity index (χ2n) is 5.43. The molecule has 9 heteroatoms. The fourth-order valence-corrected chi connectivity index (χ4v) is 3.12. The number of halogens is 1. The van der Waals surface area contributed by atoms with Crippen LogP contribution in [0.25, 0.3) is 0 Å². The van der Waals surface area contributed by atoms with Crippen molar-refractivity contribution in [3.8, 4) is 0 Å². The zero-order valence-corrected chi connectivity index (χ0v) is 14.1. The van der Waals surface area contributed by atoms with Gasteiger partial charge in [-0.25, -0.2) is 4.79 Å². The van der Waals surface area contributed by atoms with Crippen molar-refractivity contribution in [2.75, 3.05) is 0 Å². The molecule has 124 valence electrons. The van der Waals surface area contributed by atoms with Crippen LogP contribution in [0.2, 0.25) is 0 Å². The van der Waals surface area contributed by atoms with Crippen molar-refractivity contribution >= 4 is 33.8 Å². The summed E-state index contributed by atoms with van der Waals surface area (Å²) in [7, 11) is 0. The molecule has 2 aromatic rings. The fraction of sp³-hybridized carbons (Fsp3) is 0.200. The molecule has 1 fully saturated rings. The lowest BCUT2D eigenvalue weighted by molar-refractivity contribution is -0.136. The van der Waals surface area contributed by atoms with Crippen LogP contribution in [0.4, 0.5) is 4.79 Å². The Morgan fingerprint density at radius 3 is 2.04 bits per heavy atom. The molecule has 0 aliphatic carbocycles. The lowest BCUT2D eigenvalue weighted by Gasteiger charge is -2.28. The summed E-state index contributed by atoms with van der Waals surface area (Å²) < 4.78 is 0.817. The topological polar surface area (TPSA) is 124 Å². The molecule has 1 saturated heterocycles. The van der Waals surface area contributed by atoms with E-state index in [1.54, 1.807) is 31.2 Å². The molecule has 8 nitrogen and oxygen atoms in total. The lowest BCUT2D eigenvalue weighted by atomic mass is 9.79. The Balaban J connectivity index is 2.17. The Labute approximate surface area is 144 Å². The van der Waals surface area contributed by atoms with Gasteiger partial charge < -0.3 is 5.10 Å². The molecule has 3 rings (SSSR count). The van der Waals surface area contributed by atoms with Crippen molar-refractivity contribution in [2.24, 2.45) is 5.92 Å². The van der Waals surface area contributed by atoms with Crippen molar-refractivity contribution in [1.29, 1.82) is 0 Å². The van der Waals surface area contributed by atoms with Gasteiger partial charge in [0.25, 0.3) is 5.56 Å². The highest BCUT2D eigenvalue weighted by molar-refractivity contribution is 9.10. The number of aromatic nitrogens is 2. The highest BCUT2D eigenvalue weighted by Gasteiger charge is 2.43. The van der Waals surface area contributed by atoms with Gasteiger partial charge in [0.15, 0.2) is 0 Å². The third-order valence-corrected chi connectivity index (χ3v) is 4.45.